The zero-order chi connectivity index (χ0) is 9.99. The summed E-state index contributed by atoms with van der Waals surface area (Å²) in [5, 5.41) is 0. The Kier molecular flexibility index (Phi) is 3.31. The molecule has 0 bridgehead atoms. The normalized spacial score (nSPS) is 13.0. The maximum atomic E-state index is 11.4. The summed E-state index contributed by atoms with van der Waals surface area (Å²) in [4.78, 5) is 0. The molecule has 0 aromatic rings. The summed E-state index contributed by atoms with van der Waals surface area (Å²) in [7, 11) is -1.74. The summed E-state index contributed by atoms with van der Waals surface area (Å²) in [6.45, 7) is 5.46. The predicted octanol–water partition coefficient (Wildman–Crippen LogP) is 0.680. The molecule has 0 saturated carbocycles. The van der Waals surface area contributed by atoms with Crippen molar-refractivity contribution in [1.82, 2.24) is 4.31 Å². The van der Waals surface area contributed by atoms with Crippen LogP contribution in [0.4, 0.5) is 0 Å². The second-order valence-corrected chi connectivity index (χ2v) is 5.60. The quantitative estimate of drug-likeness (QED) is 0.599. The first-order valence-corrected chi connectivity index (χ1v) is 5.23. The third-order valence-corrected chi connectivity index (χ3v) is 3.54. The smallest absolute Gasteiger partial charge is 0.211 e. The fraction of sp³-hybridized carbons (Fsp3) is 0.750. The lowest BCUT2D eigenvalue weighted by Crippen LogP contribution is -2.43. The number of terminal acetylenes is 1. The van der Waals surface area contributed by atoms with E-state index in [1.54, 1.807) is 0 Å². The monoisotopic (exact) mass is 189 g/mol. The Labute approximate surface area is 74.8 Å². The lowest BCUT2D eigenvalue weighted by atomic mass is 10.1. The Morgan fingerprint density at radius 3 is 2.08 bits per heavy atom. The molecule has 0 amide bonds. The van der Waals surface area contributed by atoms with Gasteiger partial charge in [0.1, 0.15) is 5.75 Å². The van der Waals surface area contributed by atoms with Gasteiger partial charge in [0.2, 0.25) is 10.0 Å². The van der Waals surface area contributed by atoms with E-state index in [0.717, 1.165) is 0 Å². The van der Waals surface area contributed by atoms with E-state index in [9.17, 15) is 8.42 Å². The van der Waals surface area contributed by atoms with Gasteiger partial charge in [-0.15, -0.1) is 6.42 Å². The maximum absolute atomic E-state index is 11.4. The Balaban J connectivity index is 4.74. The van der Waals surface area contributed by atoms with Gasteiger partial charge in [0, 0.05) is 12.6 Å². The van der Waals surface area contributed by atoms with Crippen molar-refractivity contribution < 1.29 is 8.42 Å². The topological polar surface area (TPSA) is 37.4 Å². The first-order chi connectivity index (χ1) is 5.22. The van der Waals surface area contributed by atoms with Crippen molar-refractivity contribution in [1.29, 1.82) is 0 Å². The van der Waals surface area contributed by atoms with Gasteiger partial charge in [0.05, 0.1) is 0 Å². The van der Waals surface area contributed by atoms with Crippen molar-refractivity contribution in [2.24, 2.45) is 0 Å². The van der Waals surface area contributed by atoms with Crippen LogP contribution < -0.4 is 0 Å². The minimum atomic E-state index is -3.27. The third-order valence-electron chi connectivity index (χ3n) is 1.63. The minimum Gasteiger partial charge on any atom is -0.211 e. The van der Waals surface area contributed by atoms with Gasteiger partial charge in [-0.05, 0) is 20.8 Å². The average molecular weight is 189 g/mol. The van der Waals surface area contributed by atoms with Gasteiger partial charge >= 0.3 is 0 Å². The molecule has 0 fully saturated rings. The number of rotatable bonds is 2. The molecule has 0 aliphatic heterocycles. The molecule has 4 heteroatoms. The molecule has 0 aromatic carbocycles. The highest BCUT2D eigenvalue weighted by molar-refractivity contribution is 7.89. The minimum absolute atomic E-state index is 0.235. The fourth-order valence-corrected chi connectivity index (χ4v) is 1.86. The van der Waals surface area contributed by atoms with Crippen molar-refractivity contribution in [3.8, 4) is 12.3 Å². The zero-order valence-electron chi connectivity index (χ0n) is 7.96. The summed E-state index contributed by atoms with van der Waals surface area (Å²) in [5.41, 5.74) is -0.407. The van der Waals surface area contributed by atoms with Gasteiger partial charge in [-0.3, -0.25) is 0 Å². The summed E-state index contributed by atoms with van der Waals surface area (Å²) < 4.78 is 24.0. The highest BCUT2D eigenvalue weighted by Gasteiger charge is 2.27. The van der Waals surface area contributed by atoms with E-state index in [1.807, 2.05) is 20.8 Å². The highest BCUT2D eigenvalue weighted by atomic mass is 32.2. The molecule has 0 spiro atoms. The molecular formula is C8H15NO2S. The first kappa shape index (κ1) is 11.5. The number of sulfonamides is 1. The van der Waals surface area contributed by atoms with Crippen molar-refractivity contribution >= 4 is 10.0 Å². The molecule has 0 aromatic heterocycles. The van der Waals surface area contributed by atoms with Gasteiger partial charge in [-0.1, -0.05) is 5.92 Å². The van der Waals surface area contributed by atoms with E-state index in [4.69, 9.17) is 6.42 Å². The lowest BCUT2D eigenvalue weighted by molar-refractivity contribution is 0.293. The van der Waals surface area contributed by atoms with Gasteiger partial charge in [0.25, 0.3) is 0 Å². The largest absolute Gasteiger partial charge is 0.225 e. The van der Waals surface area contributed by atoms with Gasteiger partial charge < -0.3 is 0 Å². The fourth-order valence-electron chi connectivity index (χ4n) is 0.619. The van der Waals surface area contributed by atoms with Crippen LogP contribution >= 0.6 is 0 Å². The van der Waals surface area contributed by atoms with E-state index >= 15 is 0 Å². The van der Waals surface area contributed by atoms with E-state index in [0.29, 0.717) is 0 Å². The summed E-state index contributed by atoms with van der Waals surface area (Å²) >= 11 is 0. The van der Waals surface area contributed by atoms with Gasteiger partial charge in [0.15, 0.2) is 0 Å². The highest BCUT2D eigenvalue weighted by Crippen LogP contribution is 2.14. The molecule has 0 atom stereocenters. The van der Waals surface area contributed by atoms with Crippen molar-refractivity contribution in [3.63, 3.8) is 0 Å². The standard InChI is InChI=1S/C8H15NO2S/c1-6-7-12(10,11)9(5)8(2,3)4/h1H,7H2,2-5H3. The van der Waals surface area contributed by atoms with Crippen LogP contribution in [0.15, 0.2) is 0 Å². The zero-order valence-corrected chi connectivity index (χ0v) is 8.77. The second kappa shape index (κ2) is 3.46. The summed E-state index contributed by atoms with van der Waals surface area (Å²) in [6, 6.07) is 0. The van der Waals surface area contributed by atoms with Crippen LogP contribution in [0.3, 0.4) is 0 Å². The molecular weight excluding hydrogens is 174 g/mol. The molecule has 0 aliphatic carbocycles. The molecule has 0 aliphatic rings. The van der Waals surface area contributed by atoms with Crippen molar-refractivity contribution in [3.05, 3.63) is 0 Å². The lowest BCUT2D eigenvalue weighted by Gasteiger charge is -2.30. The second-order valence-electron chi connectivity index (χ2n) is 3.60. The number of hydrogen-bond donors (Lipinski definition) is 0. The van der Waals surface area contributed by atoms with E-state index in [-0.39, 0.29) is 5.75 Å². The molecule has 0 rings (SSSR count). The molecule has 0 radical (unpaired) electrons. The van der Waals surface area contributed by atoms with Crippen LogP contribution in [-0.2, 0) is 10.0 Å². The SMILES string of the molecule is C#CCS(=O)(=O)N(C)C(C)(C)C. The molecule has 3 nitrogen and oxygen atoms in total. The van der Waals surface area contributed by atoms with Crippen LogP contribution in [0.2, 0.25) is 0 Å². The Morgan fingerprint density at radius 1 is 1.42 bits per heavy atom. The molecule has 70 valence electrons. The Morgan fingerprint density at radius 2 is 1.83 bits per heavy atom. The van der Waals surface area contributed by atoms with E-state index in [2.05, 4.69) is 5.92 Å². The summed E-state index contributed by atoms with van der Waals surface area (Å²) in [6.07, 6.45) is 4.94. The average Bonchev–Trinajstić information content (AvgIpc) is 1.84. The van der Waals surface area contributed by atoms with Crippen LogP contribution in [-0.4, -0.2) is 31.1 Å². The summed E-state index contributed by atoms with van der Waals surface area (Å²) in [5.74, 6) is 1.90. The van der Waals surface area contributed by atoms with Crippen molar-refractivity contribution in [2.45, 2.75) is 26.3 Å². The maximum Gasteiger partial charge on any atom is 0.225 e. The molecule has 12 heavy (non-hydrogen) atoms. The van der Waals surface area contributed by atoms with Crippen LogP contribution in [0.25, 0.3) is 0 Å². The third kappa shape index (κ3) is 2.84. The Bertz CT molecular complexity index is 279. The number of nitrogens with zero attached hydrogens (tertiary/aromatic N) is 1. The van der Waals surface area contributed by atoms with Crippen LogP contribution in [0.1, 0.15) is 20.8 Å². The molecule has 0 N–H and O–H groups in total. The first-order valence-electron chi connectivity index (χ1n) is 3.62. The van der Waals surface area contributed by atoms with Gasteiger partial charge in [-0.25, -0.2) is 8.42 Å². The van der Waals surface area contributed by atoms with Crippen molar-refractivity contribution in [2.75, 3.05) is 12.8 Å². The van der Waals surface area contributed by atoms with E-state index in [1.165, 1.54) is 11.4 Å². The van der Waals surface area contributed by atoms with Crippen LogP contribution in [0.5, 0.6) is 0 Å². The van der Waals surface area contributed by atoms with Gasteiger partial charge in [-0.2, -0.15) is 4.31 Å². The molecule has 0 saturated heterocycles. The molecule has 0 unspecified atom stereocenters. The van der Waals surface area contributed by atoms with E-state index < -0.39 is 15.6 Å². The number of hydrogen-bond acceptors (Lipinski definition) is 2. The molecule has 0 heterocycles. The van der Waals surface area contributed by atoms with Crippen LogP contribution in [0, 0.1) is 12.3 Å². The predicted molar refractivity (Wildman–Crippen MR) is 50.1 cm³/mol. The Hall–Kier alpha value is -0.530.